The second kappa shape index (κ2) is 45.4. The summed E-state index contributed by atoms with van der Waals surface area (Å²) < 4.78 is 34.3. The van der Waals surface area contributed by atoms with E-state index >= 15 is 0 Å². The van der Waals surface area contributed by atoms with Crippen molar-refractivity contribution in [1.82, 2.24) is 0 Å². The van der Waals surface area contributed by atoms with Gasteiger partial charge >= 0.3 is 5.97 Å². The van der Waals surface area contributed by atoms with Crippen LogP contribution < -0.4 is 0 Å². The van der Waals surface area contributed by atoms with Crippen molar-refractivity contribution < 1.29 is 69.0 Å². The lowest BCUT2D eigenvalue weighted by Crippen LogP contribution is -2.61. The van der Waals surface area contributed by atoms with Gasteiger partial charge in [-0.15, -0.1) is 0 Å². The fourth-order valence-electron chi connectivity index (χ4n) is 8.34. The summed E-state index contributed by atoms with van der Waals surface area (Å²) in [5, 5.41) is 72.3. The Kier molecular flexibility index (Phi) is 41.2. The molecular weight excluding hydrogens is 933 g/mol. The van der Waals surface area contributed by atoms with Gasteiger partial charge in [0.2, 0.25) is 0 Å². The Hall–Kier alpha value is -2.83. The van der Waals surface area contributed by atoms with Crippen LogP contribution in [0.4, 0.5) is 0 Å². The molecular formula is C59H100O14. The number of allylic oxidation sites excluding steroid dienone is 14. The van der Waals surface area contributed by atoms with Gasteiger partial charge in [-0.05, 0) is 89.9 Å². The van der Waals surface area contributed by atoms with Crippen molar-refractivity contribution >= 4 is 5.97 Å². The molecule has 0 amide bonds. The number of rotatable bonds is 44. The van der Waals surface area contributed by atoms with E-state index in [1.54, 1.807) is 0 Å². The molecule has 0 aromatic heterocycles. The van der Waals surface area contributed by atoms with E-state index in [4.69, 9.17) is 28.4 Å². The fourth-order valence-corrected chi connectivity index (χ4v) is 8.34. The van der Waals surface area contributed by atoms with Gasteiger partial charge in [0, 0.05) is 13.0 Å². The highest BCUT2D eigenvalue weighted by molar-refractivity contribution is 5.69. The zero-order valence-electron chi connectivity index (χ0n) is 44.8. The van der Waals surface area contributed by atoms with E-state index in [1.807, 2.05) is 0 Å². The number of carbonyl (C=O) groups excluding carboxylic acids is 1. The summed E-state index contributed by atoms with van der Waals surface area (Å²) >= 11 is 0. The molecule has 0 spiro atoms. The smallest absolute Gasteiger partial charge is 0.306 e. The van der Waals surface area contributed by atoms with Gasteiger partial charge in [0.25, 0.3) is 0 Å². The van der Waals surface area contributed by atoms with Gasteiger partial charge in [-0.1, -0.05) is 170 Å². The lowest BCUT2D eigenvalue weighted by Gasteiger charge is -2.42. The molecule has 7 N–H and O–H groups in total. The topological polar surface area (TPSA) is 214 Å². The molecule has 0 bridgehead atoms. The summed E-state index contributed by atoms with van der Waals surface area (Å²) in [5.74, 6) is -0.410. The van der Waals surface area contributed by atoms with E-state index in [0.29, 0.717) is 13.0 Å². The number of hydrogen-bond donors (Lipinski definition) is 7. The largest absolute Gasteiger partial charge is 0.457 e. The molecule has 14 nitrogen and oxygen atoms in total. The van der Waals surface area contributed by atoms with Crippen LogP contribution in [0.25, 0.3) is 0 Å². The molecule has 0 saturated carbocycles. The van der Waals surface area contributed by atoms with Crippen molar-refractivity contribution in [2.45, 2.75) is 248 Å². The van der Waals surface area contributed by atoms with Crippen LogP contribution in [0.3, 0.4) is 0 Å². The maximum Gasteiger partial charge on any atom is 0.306 e. The van der Waals surface area contributed by atoms with Crippen molar-refractivity contribution in [3.8, 4) is 0 Å². The highest BCUT2D eigenvalue weighted by Gasteiger charge is 2.47. The van der Waals surface area contributed by atoms with E-state index in [2.05, 4.69) is 98.9 Å². The normalized spacial score (nSPS) is 25.6. The molecule has 420 valence electrons. The standard InChI is InChI=1S/C59H100O14/c1-3-5-7-9-11-13-15-17-19-21-23-25-27-29-31-33-35-37-39-41-43-68-45-48(71-51(61)42-40-38-36-34-32-30-28-26-24-22-20-18-16-14-12-10-8-6-4-2)46-69-58-57(67)55(65)53(63)50(73-58)47-70-59-56(66)54(64)52(62)49(44-60)72-59/h6,8,11-14,17-20,24,26,30,32,48-50,52-60,62-67H,3-5,7,9-10,15-16,21-23,25,27-29,31,33-47H2,1-2H3/b8-6-,13-11-,14-12-,19-17-,20-18-,26-24-,32-30-. The van der Waals surface area contributed by atoms with Crippen LogP contribution >= 0.6 is 0 Å². The number of aliphatic hydroxyl groups excluding tert-OH is 7. The third kappa shape index (κ3) is 32.4. The molecule has 11 atom stereocenters. The molecule has 73 heavy (non-hydrogen) atoms. The molecule has 2 heterocycles. The maximum atomic E-state index is 13.1. The van der Waals surface area contributed by atoms with Gasteiger partial charge in [0.1, 0.15) is 54.9 Å². The first-order chi connectivity index (χ1) is 35.6. The zero-order chi connectivity index (χ0) is 53.0. The maximum absolute atomic E-state index is 13.1. The van der Waals surface area contributed by atoms with Crippen LogP contribution in [-0.2, 0) is 33.2 Å². The summed E-state index contributed by atoms with van der Waals surface area (Å²) in [6.45, 7) is 3.49. The average Bonchev–Trinajstić information content (AvgIpc) is 3.39. The SMILES string of the molecule is CC/C=C\C/C=C\C/C=C\C/C=C\C/C=C\CCCCCC(=O)OC(COCCCCCCCCCCCC/C=C\C/C=C\CCCCC)COC1OC(COC2OC(CO)C(O)C(O)C2O)C(O)C(O)C1O. The molecule has 0 radical (unpaired) electrons. The third-order valence-corrected chi connectivity index (χ3v) is 12.9. The van der Waals surface area contributed by atoms with E-state index in [0.717, 1.165) is 77.0 Å². The molecule has 2 rings (SSSR count). The molecule has 0 aromatic carbocycles. The summed E-state index contributed by atoms with van der Waals surface area (Å²) in [6, 6.07) is 0. The van der Waals surface area contributed by atoms with Gasteiger partial charge in [-0.3, -0.25) is 4.79 Å². The second-order valence-corrected chi connectivity index (χ2v) is 19.4. The number of esters is 1. The van der Waals surface area contributed by atoms with E-state index in [1.165, 1.54) is 77.0 Å². The van der Waals surface area contributed by atoms with E-state index < -0.39 is 86.7 Å². The zero-order valence-corrected chi connectivity index (χ0v) is 44.8. The van der Waals surface area contributed by atoms with E-state index in [-0.39, 0.29) is 19.6 Å². The monoisotopic (exact) mass is 1030 g/mol. The Balaban J connectivity index is 1.75. The summed E-state index contributed by atoms with van der Waals surface area (Å²) in [7, 11) is 0. The number of carbonyl (C=O) groups is 1. The Bertz CT molecular complexity index is 1530. The quantitative estimate of drug-likeness (QED) is 0.0172. The number of unbranched alkanes of at least 4 members (excludes halogenated alkanes) is 16. The number of ether oxygens (including phenoxy) is 6. The van der Waals surface area contributed by atoms with Gasteiger partial charge in [0.05, 0.1) is 26.4 Å². The fraction of sp³-hybridized carbons (Fsp3) is 0.746. The second-order valence-electron chi connectivity index (χ2n) is 19.4. The molecule has 2 aliphatic heterocycles. The Morgan fingerprint density at radius 2 is 0.890 bits per heavy atom. The van der Waals surface area contributed by atoms with Crippen molar-refractivity contribution in [3.05, 3.63) is 85.1 Å². The molecule has 2 aliphatic rings. The summed E-state index contributed by atoms with van der Waals surface area (Å²) in [6.07, 6.45) is 42.1. The Morgan fingerprint density at radius 3 is 1.40 bits per heavy atom. The van der Waals surface area contributed by atoms with Gasteiger partial charge in [-0.25, -0.2) is 0 Å². The first-order valence-electron chi connectivity index (χ1n) is 28.2. The van der Waals surface area contributed by atoms with Crippen molar-refractivity contribution in [1.29, 1.82) is 0 Å². The summed E-state index contributed by atoms with van der Waals surface area (Å²) in [4.78, 5) is 13.1. The summed E-state index contributed by atoms with van der Waals surface area (Å²) in [5.41, 5.74) is 0. The molecule has 2 saturated heterocycles. The third-order valence-electron chi connectivity index (χ3n) is 12.9. The number of aliphatic hydroxyl groups is 7. The van der Waals surface area contributed by atoms with Gasteiger partial charge in [-0.2, -0.15) is 0 Å². The predicted octanol–water partition coefficient (Wildman–Crippen LogP) is 9.63. The number of hydrogen-bond acceptors (Lipinski definition) is 14. The van der Waals surface area contributed by atoms with Crippen LogP contribution in [-0.4, -0.2) is 142 Å². The van der Waals surface area contributed by atoms with Gasteiger partial charge < -0.3 is 64.2 Å². The van der Waals surface area contributed by atoms with Gasteiger partial charge in [0.15, 0.2) is 12.6 Å². The van der Waals surface area contributed by atoms with Crippen LogP contribution in [0, 0.1) is 0 Å². The minimum absolute atomic E-state index is 0.0411. The van der Waals surface area contributed by atoms with Crippen LogP contribution in [0.2, 0.25) is 0 Å². The predicted molar refractivity (Wildman–Crippen MR) is 288 cm³/mol. The minimum Gasteiger partial charge on any atom is -0.457 e. The van der Waals surface area contributed by atoms with E-state index in [9.17, 15) is 40.5 Å². The Morgan fingerprint density at radius 1 is 0.466 bits per heavy atom. The first kappa shape index (κ1) is 66.3. The highest BCUT2D eigenvalue weighted by Crippen LogP contribution is 2.26. The lowest BCUT2D eigenvalue weighted by molar-refractivity contribution is -0.332. The average molecular weight is 1030 g/mol. The van der Waals surface area contributed by atoms with Crippen molar-refractivity contribution in [2.75, 3.05) is 33.0 Å². The first-order valence-corrected chi connectivity index (χ1v) is 28.2. The lowest BCUT2D eigenvalue weighted by atomic mass is 9.98. The van der Waals surface area contributed by atoms with Crippen molar-refractivity contribution in [3.63, 3.8) is 0 Å². The molecule has 11 unspecified atom stereocenters. The molecule has 14 heteroatoms. The molecule has 2 fully saturated rings. The Labute approximate surface area is 439 Å². The molecule has 0 aliphatic carbocycles. The van der Waals surface area contributed by atoms with Crippen LogP contribution in [0.1, 0.15) is 181 Å². The van der Waals surface area contributed by atoms with Crippen molar-refractivity contribution in [2.24, 2.45) is 0 Å². The minimum atomic E-state index is -1.72. The molecule has 0 aromatic rings. The van der Waals surface area contributed by atoms with Crippen LogP contribution in [0.5, 0.6) is 0 Å². The highest BCUT2D eigenvalue weighted by atomic mass is 16.7. The van der Waals surface area contributed by atoms with Crippen LogP contribution in [0.15, 0.2) is 85.1 Å².